The third-order valence-electron chi connectivity index (χ3n) is 4.43. The summed E-state index contributed by atoms with van der Waals surface area (Å²) >= 11 is 1.33. The number of carbonyl (C=O) groups excluding carboxylic acids is 1. The number of fused-ring (bicyclic) bond motifs is 1. The minimum absolute atomic E-state index is 0.426. The molecule has 4 rings (SSSR count). The van der Waals surface area contributed by atoms with Gasteiger partial charge in [-0.15, -0.1) is 16.4 Å². The average molecular weight is 408 g/mol. The van der Waals surface area contributed by atoms with Gasteiger partial charge in [0.25, 0.3) is 5.91 Å². The Hall–Kier alpha value is -3.39. The van der Waals surface area contributed by atoms with E-state index in [1.807, 2.05) is 56.3 Å². The van der Waals surface area contributed by atoms with E-state index in [0.29, 0.717) is 34.3 Å². The smallest absolute Gasteiger partial charge is 0.259 e. The number of benzene rings is 1. The van der Waals surface area contributed by atoms with Gasteiger partial charge in [-0.3, -0.25) is 4.79 Å². The van der Waals surface area contributed by atoms with Gasteiger partial charge in [0.15, 0.2) is 17.2 Å². The summed E-state index contributed by atoms with van der Waals surface area (Å²) in [5, 5.41) is 4.68. The molecule has 0 atom stereocenters. The first kappa shape index (κ1) is 18.9. The Morgan fingerprint density at radius 3 is 2.79 bits per heavy atom. The lowest BCUT2D eigenvalue weighted by molar-refractivity contribution is 0.100. The molecule has 0 saturated carbocycles. The van der Waals surface area contributed by atoms with Crippen LogP contribution >= 0.6 is 11.3 Å². The zero-order valence-corrected chi connectivity index (χ0v) is 17.1. The van der Waals surface area contributed by atoms with Crippen LogP contribution in [0.3, 0.4) is 0 Å². The summed E-state index contributed by atoms with van der Waals surface area (Å²) in [5.41, 5.74) is 8.49. The first-order chi connectivity index (χ1) is 14.0. The van der Waals surface area contributed by atoms with Crippen molar-refractivity contribution in [2.24, 2.45) is 5.73 Å². The summed E-state index contributed by atoms with van der Waals surface area (Å²) in [6, 6.07) is 13.4. The Kier molecular flexibility index (Phi) is 4.94. The van der Waals surface area contributed by atoms with Crippen molar-refractivity contribution in [3.05, 3.63) is 52.2 Å². The Balaban J connectivity index is 1.93. The molecule has 0 bridgehead atoms. The molecule has 8 heteroatoms. The summed E-state index contributed by atoms with van der Waals surface area (Å²) in [6.45, 7) is 4.45. The molecule has 0 unspecified atom stereocenters. The summed E-state index contributed by atoms with van der Waals surface area (Å²) < 4.78 is 12.8. The molecule has 0 aliphatic heterocycles. The Bertz CT molecular complexity index is 1210. The van der Waals surface area contributed by atoms with Crippen LogP contribution in [0.25, 0.3) is 28.3 Å². The molecule has 1 aromatic carbocycles. The SMILES string of the molecule is CCOc1cccc(-c2ccc(OC)c3nc(-c4cc(C)sc4C(N)=O)nn23)c1. The van der Waals surface area contributed by atoms with Crippen molar-refractivity contribution in [2.75, 3.05) is 13.7 Å². The number of nitrogens with zero attached hydrogens (tertiary/aromatic N) is 3. The van der Waals surface area contributed by atoms with Gasteiger partial charge in [-0.25, -0.2) is 9.50 Å². The molecule has 7 nitrogen and oxygen atoms in total. The molecule has 148 valence electrons. The molecular weight excluding hydrogens is 388 g/mol. The fourth-order valence-electron chi connectivity index (χ4n) is 3.21. The number of hydrogen-bond acceptors (Lipinski definition) is 6. The van der Waals surface area contributed by atoms with E-state index in [-0.39, 0.29) is 0 Å². The number of thiophene rings is 1. The molecule has 0 saturated heterocycles. The van der Waals surface area contributed by atoms with Crippen LogP contribution in [0.1, 0.15) is 21.5 Å². The van der Waals surface area contributed by atoms with Crippen LogP contribution in [0.2, 0.25) is 0 Å². The van der Waals surface area contributed by atoms with Crippen LogP contribution < -0.4 is 15.2 Å². The van der Waals surface area contributed by atoms with Gasteiger partial charge in [-0.05, 0) is 44.2 Å². The van der Waals surface area contributed by atoms with Crippen molar-refractivity contribution in [1.82, 2.24) is 14.6 Å². The average Bonchev–Trinajstić information content (AvgIpc) is 3.31. The molecule has 4 aromatic rings. The van der Waals surface area contributed by atoms with E-state index in [1.165, 1.54) is 11.3 Å². The van der Waals surface area contributed by atoms with Gasteiger partial charge >= 0.3 is 0 Å². The van der Waals surface area contributed by atoms with Crippen LogP contribution in [0, 0.1) is 6.92 Å². The Labute approximate surface area is 171 Å². The summed E-state index contributed by atoms with van der Waals surface area (Å²) in [5.74, 6) is 1.29. The fraction of sp³-hybridized carbons (Fsp3) is 0.190. The minimum atomic E-state index is -0.492. The van der Waals surface area contributed by atoms with Crippen molar-refractivity contribution < 1.29 is 14.3 Å². The molecule has 0 fully saturated rings. The van der Waals surface area contributed by atoms with Gasteiger partial charge in [0.1, 0.15) is 10.6 Å². The number of primary amides is 1. The second-order valence-corrected chi connectivity index (χ2v) is 7.64. The standard InChI is InChI=1S/C21H20N4O3S/c1-4-28-14-7-5-6-13(11-14)16-8-9-17(27-3)21-23-20(24-25(16)21)15-10-12(2)29-18(15)19(22)26/h5-11H,4H2,1-3H3,(H2,22,26). The molecule has 0 aliphatic carbocycles. The first-order valence-electron chi connectivity index (χ1n) is 9.09. The van der Waals surface area contributed by atoms with Gasteiger partial charge < -0.3 is 15.2 Å². The predicted molar refractivity (Wildman–Crippen MR) is 113 cm³/mol. The summed E-state index contributed by atoms with van der Waals surface area (Å²) in [4.78, 5) is 17.9. The van der Waals surface area contributed by atoms with Crippen LogP contribution in [-0.4, -0.2) is 34.2 Å². The highest BCUT2D eigenvalue weighted by Gasteiger charge is 2.20. The number of amides is 1. The van der Waals surface area contributed by atoms with E-state index < -0.39 is 5.91 Å². The fourth-order valence-corrected chi connectivity index (χ4v) is 4.07. The number of nitrogens with two attached hydrogens (primary N) is 1. The lowest BCUT2D eigenvalue weighted by Gasteiger charge is -2.09. The van der Waals surface area contributed by atoms with Crippen LogP contribution in [0.15, 0.2) is 42.5 Å². The number of pyridine rings is 1. The molecule has 0 aliphatic rings. The highest BCUT2D eigenvalue weighted by molar-refractivity contribution is 7.14. The molecule has 3 aromatic heterocycles. The van der Waals surface area contributed by atoms with Gasteiger partial charge in [-0.1, -0.05) is 12.1 Å². The van der Waals surface area contributed by atoms with E-state index in [4.69, 9.17) is 15.2 Å². The molecule has 0 spiro atoms. The monoisotopic (exact) mass is 408 g/mol. The molecule has 29 heavy (non-hydrogen) atoms. The topological polar surface area (TPSA) is 91.7 Å². The lowest BCUT2D eigenvalue weighted by Crippen LogP contribution is -2.10. The molecular formula is C21H20N4O3S. The predicted octanol–water partition coefficient (Wildman–Crippen LogP) is 3.94. The zero-order valence-electron chi connectivity index (χ0n) is 16.3. The maximum Gasteiger partial charge on any atom is 0.259 e. The number of carbonyl (C=O) groups is 1. The zero-order chi connectivity index (χ0) is 20.5. The van der Waals surface area contributed by atoms with Gasteiger partial charge in [0.05, 0.1) is 19.4 Å². The maximum absolute atomic E-state index is 11.9. The normalized spacial score (nSPS) is 11.0. The van der Waals surface area contributed by atoms with Crippen molar-refractivity contribution in [2.45, 2.75) is 13.8 Å². The Morgan fingerprint density at radius 2 is 2.07 bits per heavy atom. The number of methoxy groups -OCH3 is 1. The summed E-state index contributed by atoms with van der Waals surface area (Å²) in [7, 11) is 1.59. The van der Waals surface area contributed by atoms with Crippen molar-refractivity contribution >= 4 is 22.9 Å². The number of aromatic nitrogens is 3. The van der Waals surface area contributed by atoms with Gasteiger partial charge in [0.2, 0.25) is 0 Å². The van der Waals surface area contributed by atoms with Gasteiger partial charge in [0, 0.05) is 16.0 Å². The third kappa shape index (κ3) is 3.42. The van der Waals surface area contributed by atoms with Gasteiger partial charge in [-0.2, -0.15) is 0 Å². The van der Waals surface area contributed by atoms with Crippen LogP contribution in [0.5, 0.6) is 11.5 Å². The van der Waals surface area contributed by atoms with Crippen molar-refractivity contribution in [1.29, 1.82) is 0 Å². The largest absolute Gasteiger partial charge is 0.494 e. The van der Waals surface area contributed by atoms with E-state index >= 15 is 0 Å². The maximum atomic E-state index is 11.9. The number of hydrogen-bond donors (Lipinski definition) is 1. The minimum Gasteiger partial charge on any atom is -0.494 e. The Morgan fingerprint density at radius 1 is 1.24 bits per heavy atom. The second-order valence-electron chi connectivity index (χ2n) is 6.38. The molecule has 2 N–H and O–H groups in total. The first-order valence-corrected chi connectivity index (χ1v) is 9.91. The van der Waals surface area contributed by atoms with Crippen molar-refractivity contribution in [3.63, 3.8) is 0 Å². The van der Waals surface area contributed by atoms with E-state index in [9.17, 15) is 4.79 Å². The number of aryl methyl sites for hydroxylation is 1. The quantitative estimate of drug-likeness (QED) is 0.522. The third-order valence-corrected chi connectivity index (χ3v) is 5.49. The van der Waals surface area contributed by atoms with Crippen LogP contribution in [0.4, 0.5) is 0 Å². The van der Waals surface area contributed by atoms with E-state index in [2.05, 4.69) is 10.1 Å². The highest BCUT2D eigenvalue weighted by Crippen LogP contribution is 2.33. The number of ether oxygens (including phenoxy) is 2. The summed E-state index contributed by atoms with van der Waals surface area (Å²) in [6.07, 6.45) is 0. The van der Waals surface area contributed by atoms with E-state index in [1.54, 1.807) is 11.6 Å². The highest BCUT2D eigenvalue weighted by atomic mass is 32.1. The van der Waals surface area contributed by atoms with Crippen molar-refractivity contribution in [3.8, 4) is 34.1 Å². The number of rotatable bonds is 6. The molecule has 3 heterocycles. The molecule has 0 radical (unpaired) electrons. The molecule has 1 amide bonds. The lowest BCUT2D eigenvalue weighted by atomic mass is 10.1. The van der Waals surface area contributed by atoms with E-state index in [0.717, 1.165) is 21.9 Å². The van der Waals surface area contributed by atoms with Crippen LogP contribution in [-0.2, 0) is 0 Å². The second kappa shape index (κ2) is 7.56.